The number of piperidine rings is 1. The molecule has 17 heteroatoms. The van der Waals surface area contributed by atoms with Crippen LogP contribution in [0.4, 0.5) is 24.5 Å². The topological polar surface area (TPSA) is 134 Å². The van der Waals surface area contributed by atoms with Gasteiger partial charge in [-0.1, -0.05) is 66.2 Å². The summed E-state index contributed by atoms with van der Waals surface area (Å²) >= 11 is 7.60. The second kappa shape index (κ2) is 20.1. The van der Waals surface area contributed by atoms with E-state index in [-0.39, 0.29) is 23.6 Å². The number of halogens is 4. The molecule has 2 aliphatic rings. The minimum absolute atomic E-state index is 0.0174. The van der Waals surface area contributed by atoms with Crippen molar-refractivity contribution in [2.24, 2.45) is 5.92 Å². The van der Waals surface area contributed by atoms with Gasteiger partial charge in [0.05, 0.1) is 16.7 Å². The Morgan fingerprint density at radius 2 is 1.57 bits per heavy atom. The molecule has 3 atom stereocenters. The van der Waals surface area contributed by atoms with E-state index in [4.69, 9.17) is 16.3 Å². The Morgan fingerprint density at radius 3 is 2.22 bits per heavy atom. The summed E-state index contributed by atoms with van der Waals surface area (Å²) in [5.74, 6) is -0.427. The number of benzene rings is 5. The number of hydrogen-bond acceptors (Lipinski definition) is 10. The minimum atomic E-state index is -6.04. The Morgan fingerprint density at radius 1 is 0.889 bits per heavy atom. The minimum Gasteiger partial charge on any atom is -0.380 e. The molecule has 7 rings (SSSR count). The highest BCUT2D eigenvalue weighted by Gasteiger charge is 2.48. The van der Waals surface area contributed by atoms with Crippen molar-refractivity contribution in [3.05, 3.63) is 137 Å². The third-order valence-corrected chi connectivity index (χ3v) is 15.8. The lowest BCUT2D eigenvalue weighted by atomic mass is 9.84. The second-order valence-corrected chi connectivity index (χ2v) is 20.8. The fourth-order valence-electron chi connectivity index (χ4n) is 8.27. The zero-order valence-corrected chi connectivity index (χ0v) is 37.6. The summed E-state index contributed by atoms with van der Waals surface area (Å²) in [6.07, 6.45) is 3.74. The summed E-state index contributed by atoms with van der Waals surface area (Å²) in [7, 11) is -9.17. The van der Waals surface area contributed by atoms with Crippen LogP contribution in [-0.4, -0.2) is 72.8 Å². The Bertz CT molecular complexity index is 2570. The average molecular weight is 942 g/mol. The first-order valence-electron chi connectivity index (χ1n) is 20.6. The molecule has 0 radical (unpaired) electrons. The normalized spacial score (nSPS) is 17.3. The highest BCUT2D eigenvalue weighted by atomic mass is 35.5. The van der Waals surface area contributed by atoms with Gasteiger partial charge in [-0.3, -0.25) is 4.79 Å². The van der Waals surface area contributed by atoms with E-state index in [2.05, 4.69) is 27.7 Å². The van der Waals surface area contributed by atoms with Crippen molar-refractivity contribution in [2.75, 3.05) is 42.7 Å². The van der Waals surface area contributed by atoms with Gasteiger partial charge in [-0.2, -0.15) is 13.2 Å². The van der Waals surface area contributed by atoms with Crippen LogP contribution in [0.1, 0.15) is 54.1 Å². The van der Waals surface area contributed by atoms with Gasteiger partial charge in [-0.25, -0.2) is 21.6 Å². The number of hydrogen-bond donors (Lipinski definition) is 3. The molecule has 2 unspecified atom stereocenters. The van der Waals surface area contributed by atoms with E-state index in [1.165, 1.54) is 23.9 Å². The maximum Gasteiger partial charge on any atom is 0.501 e. The van der Waals surface area contributed by atoms with Gasteiger partial charge in [0, 0.05) is 59.2 Å². The molecule has 5 aromatic rings. The van der Waals surface area contributed by atoms with Crippen molar-refractivity contribution in [2.45, 2.75) is 70.5 Å². The van der Waals surface area contributed by atoms with Gasteiger partial charge >= 0.3 is 5.51 Å². The fourth-order valence-corrected chi connectivity index (χ4v) is 11.4. The molecule has 0 aliphatic carbocycles. The molecule has 5 aromatic carbocycles. The van der Waals surface area contributed by atoms with Gasteiger partial charge in [0.25, 0.3) is 25.8 Å². The highest BCUT2D eigenvalue weighted by Crippen LogP contribution is 2.40. The molecule has 10 nitrogen and oxygen atoms in total. The Labute approximate surface area is 375 Å². The lowest BCUT2D eigenvalue weighted by Crippen LogP contribution is -2.36. The first-order chi connectivity index (χ1) is 30.1. The van der Waals surface area contributed by atoms with Gasteiger partial charge in [0.1, 0.15) is 4.90 Å². The number of nitrogens with one attached hydrogen (secondary N) is 3. The summed E-state index contributed by atoms with van der Waals surface area (Å²) in [5.41, 5.74) is -2.12. The first-order valence-corrected chi connectivity index (χ1v) is 24.9. The zero-order chi connectivity index (χ0) is 44.8. The van der Waals surface area contributed by atoms with Crippen LogP contribution in [0.5, 0.6) is 0 Å². The highest BCUT2D eigenvalue weighted by molar-refractivity contribution is 7.99. The number of carbonyl (C=O) groups excluding carboxylic acids is 1. The van der Waals surface area contributed by atoms with Gasteiger partial charge in [-0.15, -0.1) is 11.8 Å². The van der Waals surface area contributed by atoms with Crippen LogP contribution in [-0.2, 0) is 24.6 Å². The molecule has 1 amide bonds. The lowest BCUT2D eigenvalue weighted by molar-refractivity contribution is -0.0435. The second-order valence-electron chi connectivity index (χ2n) is 15.7. The molecule has 0 bridgehead atoms. The van der Waals surface area contributed by atoms with E-state index in [0.717, 1.165) is 71.6 Å². The summed E-state index contributed by atoms with van der Waals surface area (Å²) in [4.78, 5) is 14.3. The zero-order valence-electron chi connectivity index (χ0n) is 34.4. The number of amides is 1. The van der Waals surface area contributed by atoms with E-state index in [1.807, 2.05) is 71.5 Å². The van der Waals surface area contributed by atoms with Crippen LogP contribution in [0, 0.1) is 5.92 Å². The number of thioether (sulfide) groups is 1. The smallest absolute Gasteiger partial charge is 0.380 e. The van der Waals surface area contributed by atoms with E-state index < -0.39 is 52.8 Å². The number of carbonyl (C=O) groups is 1. The van der Waals surface area contributed by atoms with E-state index in [9.17, 15) is 34.8 Å². The van der Waals surface area contributed by atoms with E-state index in [1.54, 1.807) is 19.2 Å². The molecule has 0 aromatic heterocycles. The molecular weight excluding hydrogens is 893 g/mol. The number of ether oxygens (including phenoxy) is 1. The molecule has 0 saturated carbocycles. The van der Waals surface area contributed by atoms with E-state index in [0.29, 0.717) is 36.4 Å². The number of nitrogens with zero attached hydrogens (tertiary/aromatic N) is 1. The lowest BCUT2D eigenvalue weighted by Gasteiger charge is -2.37. The van der Waals surface area contributed by atoms with Gasteiger partial charge in [0.2, 0.25) is 0 Å². The van der Waals surface area contributed by atoms with Crippen LogP contribution in [0.15, 0.2) is 136 Å². The fraction of sp³-hybridized carbons (Fsp3) is 0.326. The monoisotopic (exact) mass is 940 g/mol. The Balaban J connectivity index is 1.03. The predicted molar refractivity (Wildman–Crippen MR) is 243 cm³/mol. The predicted octanol–water partition coefficient (Wildman–Crippen LogP) is 9.74. The number of rotatable bonds is 16. The molecular formula is C46H48ClF3N4O6S3. The largest absolute Gasteiger partial charge is 0.501 e. The molecule has 2 saturated heterocycles. The number of methoxy groups -OCH3 is 1. The molecule has 2 heterocycles. The van der Waals surface area contributed by atoms with Crippen LogP contribution in [0.2, 0.25) is 5.02 Å². The first kappa shape index (κ1) is 46.4. The van der Waals surface area contributed by atoms with Crippen molar-refractivity contribution in [1.29, 1.82) is 0 Å². The summed E-state index contributed by atoms with van der Waals surface area (Å²) < 4.78 is 103. The molecule has 2 aliphatic heterocycles. The van der Waals surface area contributed by atoms with Crippen LogP contribution < -0.4 is 20.3 Å². The number of sulfonamides is 1. The Kier molecular flexibility index (Phi) is 14.8. The van der Waals surface area contributed by atoms with Crippen molar-refractivity contribution >= 4 is 60.5 Å². The molecule has 3 N–H and O–H groups in total. The standard InChI is InChI=1S/C46H48ClF3N4O6S3/c1-60-44(41-12-6-5-11-40(41)31-13-17-34(47)18-14-31)32-23-26-54(27-24-32)37-19-15-33(16-20-37)45(55)53-63(58,59)39-21-22-42(43(29-39)62(56,57)46(48,49)50)52-36(28-35-8-7-25-51-35)30-61-38-9-3-2-4-10-38/h2-6,9-22,29,32,35-36,44,51-52H,7-8,23-28,30H2,1H3,(H,53,55)/t35-,36?,44?/m1/s1. The number of alkyl halides is 3. The van der Waals surface area contributed by atoms with E-state index >= 15 is 0 Å². The SMILES string of the molecule is COC(c1ccccc1-c1ccc(Cl)cc1)C1CCN(c2ccc(C(=O)NS(=O)(=O)c3ccc(NC(CSc4ccccc4)C[C@H]4CCCN4)c(S(=O)(=O)C(F)(F)F)c3)cc2)CC1. The summed E-state index contributed by atoms with van der Waals surface area (Å²) in [5, 5.41) is 7.01. The third kappa shape index (κ3) is 11.2. The molecule has 63 heavy (non-hydrogen) atoms. The average Bonchev–Trinajstić information content (AvgIpc) is 3.80. The van der Waals surface area contributed by atoms with Crippen LogP contribution in [0.3, 0.4) is 0 Å². The maximum atomic E-state index is 14.1. The maximum absolute atomic E-state index is 14.1. The van der Waals surface area contributed by atoms with Crippen LogP contribution >= 0.6 is 23.4 Å². The third-order valence-electron chi connectivity index (χ3n) is 11.5. The van der Waals surface area contributed by atoms with Gasteiger partial charge in [-0.05, 0) is 128 Å². The number of anilines is 2. The van der Waals surface area contributed by atoms with Crippen molar-refractivity contribution in [1.82, 2.24) is 10.0 Å². The Hall–Kier alpha value is -4.58. The molecule has 0 spiro atoms. The van der Waals surface area contributed by atoms with Crippen LogP contribution in [0.25, 0.3) is 11.1 Å². The van der Waals surface area contributed by atoms with Crippen molar-refractivity contribution < 1.29 is 39.5 Å². The quantitative estimate of drug-likeness (QED) is 0.0822. The summed E-state index contributed by atoms with van der Waals surface area (Å²) in [6, 6.07) is 33.6. The molecule has 334 valence electrons. The molecule has 2 fully saturated rings. The van der Waals surface area contributed by atoms with Gasteiger partial charge in [0.15, 0.2) is 0 Å². The summed E-state index contributed by atoms with van der Waals surface area (Å²) in [6.45, 7) is 2.19. The number of sulfone groups is 1. The van der Waals surface area contributed by atoms with Gasteiger partial charge < -0.3 is 20.3 Å². The van der Waals surface area contributed by atoms with Crippen molar-refractivity contribution in [3.63, 3.8) is 0 Å². The van der Waals surface area contributed by atoms with Crippen molar-refractivity contribution in [3.8, 4) is 11.1 Å².